The topological polar surface area (TPSA) is 68.7 Å². The van der Waals surface area contributed by atoms with E-state index in [-0.39, 0.29) is 5.91 Å². The first-order chi connectivity index (χ1) is 13.7. The lowest BCUT2D eigenvalue weighted by atomic mass is 10.0. The quantitative estimate of drug-likeness (QED) is 0.712. The summed E-state index contributed by atoms with van der Waals surface area (Å²) in [4.78, 5) is 16.2. The average molecular weight is 395 g/mol. The van der Waals surface area contributed by atoms with Crippen LogP contribution in [-0.2, 0) is 11.2 Å². The van der Waals surface area contributed by atoms with Crippen molar-refractivity contribution in [3.63, 3.8) is 0 Å². The number of nitrogens with zero attached hydrogens (tertiary/aromatic N) is 3. The molecule has 0 saturated carbocycles. The van der Waals surface area contributed by atoms with Gasteiger partial charge in [0, 0.05) is 43.8 Å². The van der Waals surface area contributed by atoms with Gasteiger partial charge in [0.15, 0.2) is 0 Å². The second-order valence-corrected chi connectivity index (χ2v) is 8.25. The standard InChI is InChI=1S/C21H22N4O2S/c26-18(14-5-6-17-15(11-14)12-20(27)22-17)13-24-7-9-25(10-8-24)21-16-3-1-2-4-19(16)28-23-21/h1-6,11,18,26H,7-10,12-13H2,(H,22,27). The van der Waals surface area contributed by atoms with Gasteiger partial charge in [-0.15, -0.1) is 0 Å². The van der Waals surface area contributed by atoms with Crippen molar-refractivity contribution in [1.82, 2.24) is 9.27 Å². The Labute approximate surface area is 167 Å². The molecule has 0 radical (unpaired) electrons. The molecule has 144 valence electrons. The molecule has 3 heterocycles. The Morgan fingerprint density at radius 2 is 1.96 bits per heavy atom. The molecule has 1 unspecified atom stereocenters. The molecule has 2 N–H and O–H groups in total. The minimum atomic E-state index is -0.548. The van der Waals surface area contributed by atoms with E-state index in [9.17, 15) is 9.90 Å². The summed E-state index contributed by atoms with van der Waals surface area (Å²) < 4.78 is 5.88. The molecule has 2 aliphatic rings. The molecule has 1 fully saturated rings. The summed E-state index contributed by atoms with van der Waals surface area (Å²) in [6, 6.07) is 14.1. The normalized spacial score (nSPS) is 18.3. The van der Waals surface area contributed by atoms with Crippen molar-refractivity contribution in [3.05, 3.63) is 53.6 Å². The number of aromatic nitrogens is 1. The van der Waals surface area contributed by atoms with E-state index in [4.69, 9.17) is 0 Å². The zero-order valence-corrected chi connectivity index (χ0v) is 16.3. The van der Waals surface area contributed by atoms with E-state index in [0.717, 1.165) is 48.8 Å². The first kappa shape index (κ1) is 17.6. The molecule has 7 heteroatoms. The molecule has 1 aromatic heterocycles. The Balaban J connectivity index is 1.22. The zero-order chi connectivity index (χ0) is 19.1. The fraction of sp³-hybridized carbons (Fsp3) is 0.333. The van der Waals surface area contributed by atoms with Gasteiger partial charge in [-0.2, -0.15) is 4.37 Å². The summed E-state index contributed by atoms with van der Waals surface area (Å²) >= 11 is 1.55. The molecular formula is C21H22N4O2S. The van der Waals surface area contributed by atoms with Gasteiger partial charge in [0.2, 0.25) is 5.91 Å². The third-order valence-electron chi connectivity index (χ3n) is 5.60. The van der Waals surface area contributed by atoms with E-state index in [0.29, 0.717) is 13.0 Å². The van der Waals surface area contributed by atoms with E-state index in [1.807, 2.05) is 18.2 Å². The van der Waals surface area contributed by atoms with Crippen molar-refractivity contribution in [2.45, 2.75) is 12.5 Å². The number of hydrogen-bond acceptors (Lipinski definition) is 6. The van der Waals surface area contributed by atoms with Crippen LogP contribution < -0.4 is 10.2 Å². The summed E-state index contributed by atoms with van der Waals surface area (Å²) in [5.74, 6) is 1.10. The van der Waals surface area contributed by atoms with E-state index in [2.05, 4.69) is 43.8 Å². The van der Waals surface area contributed by atoms with Gasteiger partial charge in [0.1, 0.15) is 5.82 Å². The molecule has 28 heavy (non-hydrogen) atoms. The Morgan fingerprint density at radius 1 is 1.14 bits per heavy atom. The van der Waals surface area contributed by atoms with Crippen molar-refractivity contribution in [2.75, 3.05) is 42.9 Å². The smallest absolute Gasteiger partial charge is 0.228 e. The van der Waals surface area contributed by atoms with Gasteiger partial charge < -0.3 is 15.3 Å². The van der Waals surface area contributed by atoms with Gasteiger partial charge in [-0.25, -0.2) is 0 Å². The molecule has 2 aliphatic heterocycles. The number of fused-ring (bicyclic) bond motifs is 2. The number of benzene rings is 2. The molecule has 1 saturated heterocycles. The van der Waals surface area contributed by atoms with Crippen LogP contribution in [0.5, 0.6) is 0 Å². The molecule has 0 spiro atoms. The van der Waals surface area contributed by atoms with Crippen LogP contribution >= 0.6 is 11.5 Å². The SMILES string of the molecule is O=C1Cc2cc(C(O)CN3CCN(c4nsc5ccccc45)CC3)ccc2N1. The van der Waals surface area contributed by atoms with Gasteiger partial charge in [0.25, 0.3) is 0 Å². The predicted octanol–water partition coefficient (Wildman–Crippen LogP) is 2.65. The minimum absolute atomic E-state index is 0.0207. The molecule has 0 bridgehead atoms. The summed E-state index contributed by atoms with van der Waals surface area (Å²) in [6.07, 6.45) is -0.149. The largest absolute Gasteiger partial charge is 0.387 e. The fourth-order valence-electron chi connectivity index (χ4n) is 4.05. The number of nitrogens with one attached hydrogen (secondary N) is 1. The van der Waals surface area contributed by atoms with Crippen LogP contribution in [0.2, 0.25) is 0 Å². The molecule has 0 aliphatic carbocycles. The number of aliphatic hydroxyl groups is 1. The molecule has 3 aromatic rings. The van der Waals surface area contributed by atoms with Gasteiger partial charge in [0.05, 0.1) is 17.2 Å². The second kappa shape index (κ2) is 7.16. The maximum absolute atomic E-state index is 11.5. The van der Waals surface area contributed by atoms with Crippen molar-refractivity contribution < 1.29 is 9.90 Å². The summed E-state index contributed by atoms with van der Waals surface area (Å²) in [5.41, 5.74) is 2.72. The number of carbonyl (C=O) groups is 1. The van der Waals surface area contributed by atoms with Crippen molar-refractivity contribution in [1.29, 1.82) is 0 Å². The monoisotopic (exact) mass is 394 g/mol. The summed E-state index contributed by atoms with van der Waals surface area (Å²) in [7, 11) is 0. The number of anilines is 2. The molecule has 5 rings (SSSR count). The Kier molecular flexibility index (Phi) is 4.50. The van der Waals surface area contributed by atoms with E-state index in [1.165, 1.54) is 10.1 Å². The number of carbonyl (C=O) groups excluding carboxylic acids is 1. The number of β-amino-alcohol motifs (C(OH)–C–C–N with tert-alkyl or cyclic N) is 1. The van der Waals surface area contributed by atoms with E-state index < -0.39 is 6.10 Å². The van der Waals surface area contributed by atoms with E-state index in [1.54, 1.807) is 11.5 Å². The molecule has 1 amide bonds. The first-order valence-electron chi connectivity index (χ1n) is 9.60. The van der Waals surface area contributed by atoms with E-state index >= 15 is 0 Å². The fourth-order valence-corrected chi connectivity index (χ4v) is 4.85. The van der Waals surface area contributed by atoms with Gasteiger partial charge in [-0.05, 0) is 40.9 Å². The third kappa shape index (κ3) is 3.26. The van der Waals surface area contributed by atoms with Crippen molar-refractivity contribution in [3.8, 4) is 0 Å². The number of hydrogen-bond donors (Lipinski definition) is 2. The lowest BCUT2D eigenvalue weighted by Gasteiger charge is -2.36. The number of amides is 1. The van der Waals surface area contributed by atoms with Gasteiger partial charge >= 0.3 is 0 Å². The highest BCUT2D eigenvalue weighted by molar-refractivity contribution is 7.13. The average Bonchev–Trinajstić information content (AvgIpc) is 3.30. The maximum atomic E-state index is 11.5. The molecule has 1 atom stereocenters. The highest BCUT2D eigenvalue weighted by atomic mass is 32.1. The van der Waals surface area contributed by atoms with Crippen LogP contribution in [-0.4, -0.2) is 53.0 Å². The predicted molar refractivity (Wildman–Crippen MR) is 112 cm³/mol. The third-order valence-corrected chi connectivity index (χ3v) is 6.42. The van der Waals surface area contributed by atoms with Gasteiger partial charge in [-0.3, -0.25) is 9.69 Å². The van der Waals surface area contributed by atoms with Crippen LogP contribution in [0.4, 0.5) is 11.5 Å². The highest BCUT2D eigenvalue weighted by Gasteiger charge is 2.24. The minimum Gasteiger partial charge on any atom is -0.387 e. The molecule has 2 aromatic carbocycles. The number of aliphatic hydroxyl groups excluding tert-OH is 1. The number of piperazine rings is 1. The van der Waals surface area contributed by atoms with Gasteiger partial charge in [-0.1, -0.05) is 24.3 Å². The molecule has 6 nitrogen and oxygen atoms in total. The van der Waals surface area contributed by atoms with Crippen molar-refractivity contribution in [2.24, 2.45) is 0 Å². The van der Waals surface area contributed by atoms with Crippen LogP contribution in [0, 0.1) is 0 Å². The Bertz CT molecular complexity index is 1030. The van der Waals surface area contributed by atoms with Crippen LogP contribution in [0.3, 0.4) is 0 Å². The summed E-state index contributed by atoms with van der Waals surface area (Å²) in [6.45, 7) is 4.21. The summed E-state index contributed by atoms with van der Waals surface area (Å²) in [5, 5.41) is 14.7. The zero-order valence-electron chi connectivity index (χ0n) is 15.5. The lowest BCUT2D eigenvalue weighted by Crippen LogP contribution is -2.47. The highest BCUT2D eigenvalue weighted by Crippen LogP contribution is 2.30. The van der Waals surface area contributed by atoms with Crippen LogP contribution in [0.25, 0.3) is 10.1 Å². The van der Waals surface area contributed by atoms with Crippen LogP contribution in [0.1, 0.15) is 17.2 Å². The lowest BCUT2D eigenvalue weighted by molar-refractivity contribution is -0.115. The van der Waals surface area contributed by atoms with Crippen LogP contribution in [0.15, 0.2) is 42.5 Å². The Morgan fingerprint density at radius 3 is 2.82 bits per heavy atom. The number of rotatable bonds is 4. The molecular weight excluding hydrogens is 372 g/mol. The second-order valence-electron chi connectivity index (χ2n) is 7.45. The first-order valence-corrected chi connectivity index (χ1v) is 10.4. The Hall–Kier alpha value is -2.48. The maximum Gasteiger partial charge on any atom is 0.228 e. The van der Waals surface area contributed by atoms with Crippen molar-refractivity contribution >= 4 is 39.0 Å².